The van der Waals surface area contributed by atoms with Gasteiger partial charge < -0.3 is 9.32 Å². The lowest BCUT2D eigenvalue weighted by atomic mass is 9.88. The molecule has 2 heterocycles. The zero-order valence-electron chi connectivity index (χ0n) is 15.8. The second kappa shape index (κ2) is 6.62. The Morgan fingerprint density at radius 3 is 2.20 bits per heavy atom. The summed E-state index contributed by atoms with van der Waals surface area (Å²) in [5, 5.41) is 7.97. The average Bonchev–Trinajstić information content (AvgIpc) is 3.03. The van der Waals surface area contributed by atoms with Crippen LogP contribution in [0.1, 0.15) is 72.8 Å². The molecule has 0 atom stereocenters. The Morgan fingerprint density at radius 1 is 1.08 bits per heavy atom. The fourth-order valence-electron chi connectivity index (χ4n) is 3.41. The predicted molar refractivity (Wildman–Crippen MR) is 96.8 cm³/mol. The highest BCUT2D eigenvalue weighted by Crippen LogP contribution is 2.30. The predicted octanol–water partition coefficient (Wildman–Crippen LogP) is 4.00. The maximum Gasteiger partial charge on any atom is 0.311 e. The van der Waals surface area contributed by atoms with E-state index in [-0.39, 0.29) is 17.2 Å². The van der Waals surface area contributed by atoms with E-state index in [0.717, 1.165) is 25.9 Å². The summed E-state index contributed by atoms with van der Waals surface area (Å²) in [5.74, 6) is 0.966. The van der Waals surface area contributed by atoms with Crippen LogP contribution in [0.3, 0.4) is 0 Å². The summed E-state index contributed by atoms with van der Waals surface area (Å²) in [5.41, 5.74) is 3.74. The van der Waals surface area contributed by atoms with Gasteiger partial charge in [-0.15, -0.1) is 10.2 Å². The van der Waals surface area contributed by atoms with E-state index in [0.29, 0.717) is 11.8 Å². The number of amides is 1. The second-order valence-electron chi connectivity index (χ2n) is 8.15. The first-order valence-electron chi connectivity index (χ1n) is 8.95. The molecule has 5 heteroatoms. The third kappa shape index (κ3) is 3.91. The summed E-state index contributed by atoms with van der Waals surface area (Å²) in [6, 6.07) is 6.73. The number of hydrogen-bond donors (Lipinski definition) is 0. The summed E-state index contributed by atoms with van der Waals surface area (Å²) in [7, 11) is 0. The molecular weight excluding hydrogens is 314 g/mol. The summed E-state index contributed by atoms with van der Waals surface area (Å²) in [6.07, 6.45) is 1.93. The lowest BCUT2D eigenvalue weighted by Gasteiger charge is -2.31. The van der Waals surface area contributed by atoms with E-state index < -0.39 is 0 Å². The Bertz CT molecular complexity index is 745. The van der Waals surface area contributed by atoms with Crippen LogP contribution in [0, 0.1) is 13.8 Å². The molecule has 1 amide bonds. The Balaban J connectivity index is 1.65. The SMILES string of the molecule is Cc1cc(C)cc(C2CCN(C(=O)c3nnc(C(C)(C)C)o3)CC2)c1. The van der Waals surface area contributed by atoms with Gasteiger partial charge in [0.1, 0.15) is 0 Å². The summed E-state index contributed by atoms with van der Waals surface area (Å²) >= 11 is 0. The van der Waals surface area contributed by atoms with Crippen LogP contribution in [0.2, 0.25) is 0 Å². The van der Waals surface area contributed by atoms with E-state index in [1.54, 1.807) is 0 Å². The molecule has 0 radical (unpaired) electrons. The first-order valence-corrected chi connectivity index (χ1v) is 8.95. The monoisotopic (exact) mass is 341 g/mol. The molecule has 2 aromatic rings. The van der Waals surface area contributed by atoms with Gasteiger partial charge in [0.2, 0.25) is 5.89 Å². The first kappa shape index (κ1) is 17.6. The van der Waals surface area contributed by atoms with Crippen LogP contribution < -0.4 is 0 Å². The zero-order chi connectivity index (χ0) is 18.2. The Kier molecular flexibility index (Phi) is 4.67. The van der Waals surface area contributed by atoms with Crippen molar-refractivity contribution in [1.29, 1.82) is 0 Å². The molecule has 1 aromatic heterocycles. The Labute approximate surface area is 149 Å². The maximum atomic E-state index is 12.6. The van der Waals surface area contributed by atoms with Gasteiger partial charge in [-0.2, -0.15) is 0 Å². The van der Waals surface area contributed by atoms with Gasteiger partial charge in [0, 0.05) is 18.5 Å². The Hall–Kier alpha value is -2.17. The van der Waals surface area contributed by atoms with Gasteiger partial charge in [0.05, 0.1) is 0 Å². The third-order valence-corrected chi connectivity index (χ3v) is 4.75. The van der Waals surface area contributed by atoms with Gasteiger partial charge in [-0.25, -0.2) is 0 Å². The number of likely N-dealkylation sites (tertiary alicyclic amines) is 1. The molecule has 0 bridgehead atoms. The minimum Gasteiger partial charge on any atom is -0.416 e. The van der Waals surface area contributed by atoms with Crippen molar-refractivity contribution in [3.8, 4) is 0 Å². The van der Waals surface area contributed by atoms with Gasteiger partial charge in [-0.05, 0) is 38.2 Å². The van der Waals surface area contributed by atoms with Gasteiger partial charge in [0.25, 0.3) is 0 Å². The molecule has 0 N–H and O–H groups in total. The molecule has 134 valence electrons. The molecule has 0 unspecified atom stereocenters. The number of benzene rings is 1. The van der Waals surface area contributed by atoms with Crippen molar-refractivity contribution >= 4 is 5.91 Å². The van der Waals surface area contributed by atoms with E-state index in [9.17, 15) is 4.79 Å². The molecule has 25 heavy (non-hydrogen) atoms. The summed E-state index contributed by atoms with van der Waals surface area (Å²) in [6.45, 7) is 11.7. The van der Waals surface area contributed by atoms with Gasteiger partial charge in [0.15, 0.2) is 0 Å². The van der Waals surface area contributed by atoms with Crippen molar-refractivity contribution in [3.63, 3.8) is 0 Å². The standard InChI is InChI=1S/C20H27N3O2/c1-13-10-14(2)12-16(11-13)15-6-8-23(9-7-15)18(24)17-21-22-19(25-17)20(3,4)5/h10-12,15H,6-9H2,1-5H3. The minimum absolute atomic E-state index is 0.106. The number of hydrogen-bond acceptors (Lipinski definition) is 4. The first-order chi connectivity index (χ1) is 11.7. The molecule has 1 aliphatic rings. The minimum atomic E-state index is -0.248. The highest BCUT2D eigenvalue weighted by atomic mass is 16.4. The van der Waals surface area contributed by atoms with Crippen LogP contribution in [-0.4, -0.2) is 34.1 Å². The smallest absolute Gasteiger partial charge is 0.311 e. The highest BCUT2D eigenvalue weighted by Gasteiger charge is 2.29. The van der Waals surface area contributed by atoms with Crippen LogP contribution >= 0.6 is 0 Å². The number of nitrogens with zero attached hydrogens (tertiary/aromatic N) is 3. The molecule has 0 saturated carbocycles. The number of aryl methyl sites for hydroxylation is 2. The lowest BCUT2D eigenvalue weighted by molar-refractivity contribution is 0.0669. The molecule has 0 aliphatic carbocycles. The number of carbonyl (C=O) groups is 1. The largest absolute Gasteiger partial charge is 0.416 e. The van der Waals surface area contributed by atoms with Crippen LogP contribution in [0.25, 0.3) is 0 Å². The van der Waals surface area contributed by atoms with Gasteiger partial charge >= 0.3 is 11.8 Å². The molecule has 1 aromatic carbocycles. The number of piperidine rings is 1. The van der Waals surface area contributed by atoms with Crippen molar-refractivity contribution in [2.45, 2.75) is 58.8 Å². The topological polar surface area (TPSA) is 59.2 Å². The van der Waals surface area contributed by atoms with E-state index in [1.165, 1.54) is 16.7 Å². The van der Waals surface area contributed by atoms with Crippen molar-refractivity contribution in [2.75, 3.05) is 13.1 Å². The molecule has 5 nitrogen and oxygen atoms in total. The van der Waals surface area contributed by atoms with Crippen molar-refractivity contribution < 1.29 is 9.21 Å². The summed E-state index contributed by atoms with van der Waals surface area (Å²) < 4.78 is 5.59. The van der Waals surface area contributed by atoms with Crippen molar-refractivity contribution in [1.82, 2.24) is 15.1 Å². The molecule has 1 saturated heterocycles. The fourth-order valence-corrected chi connectivity index (χ4v) is 3.41. The van der Waals surface area contributed by atoms with Crippen molar-refractivity contribution in [2.24, 2.45) is 0 Å². The Morgan fingerprint density at radius 2 is 1.68 bits per heavy atom. The maximum absolute atomic E-state index is 12.6. The fraction of sp³-hybridized carbons (Fsp3) is 0.550. The number of rotatable bonds is 2. The zero-order valence-corrected chi connectivity index (χ0v) is 15.8. The van der Waals surface area contributed by atoms with Crippen LogP contribution in [-0.2, 0) is 5.41 Å². The molecule has 1 fully saturated rings. The summed E-state index contributed by atoms with van der Waals surface area (Å²) in [4.78, 5) is 14.5. The molecule has 3 rings (SSSR count). The van der Waals surface area contributed by atoms with E-state index in [2.05, 4.69) is 42.2 Å². The van der Waals surface area contributed by atoms with Crippen molar-refractivity contribution in [3.05, 3.63) is 46.7 Å². The average molecular weight is 341 g/mol. The van der Waals surface area contributed by atoms with Crippen LogP contribution in [0.4, 0.5) is 0 Å². The second-order valence-corrected chi connectivity index (χ2v) is 8.15. The highest BCUT2D eigenvalue weighted by molar-refractivity contribution is 5.89. The van der Waals surface area contributed by atoms with E-state index in [1.807, 2.05) is 25.7 Å². The number of carbonyl (C=O) groups excluding carboxylic acids is 1. The lowest BCUT2D eigenvalue weighted by Crippen LogP contribution is -2.38. The normalized spacial score (nSPS) is 16.3. The van der Waals surface area contributed by atoms with Gasteiger partial charge in [-0.1, -0.05) is 50.1 Å². The van der Waals surface area contributed by atoms with Crippen LogP contribution in [0.15, 0.2) is 22.6 Å². The quantitative estimate of drug-likeness (QED) is 0.828. The third-order valence-electron chi connectivity index (χ3n) is 4.75. The molecular formula is C20H27N3O2. The van der Waals surface area contributed by atoms with Gasteiger partial charge in [-0.3, -0.25) is 4.79 Å². The van der Waals surface area contributed by atoms with Crippen LogP contribution in [0.5, 0.6) is 0 Å². The van der Waals surface area contributed by atoms with E-state index >= 15 is 0 Å². The number of aromatic nitrogens is 2. The molecule has 1 aliphatic heterocycles. The molecule has 0 spiro atoms. The van der Waals surface area contributed by atoms with E-state index in [4.69, 9.17) is 4.42 Å².